The molecule has 1 unspecified atom stereocenters. The minimum Gasteiger partial charge on any atom is -0.324 e. The number of carbonyl (C=O) groups is 5. The zero-order valence-corrected chi connectivity index (χ0v) is 27.7. The van der Waals surface area contributed by atoms with Gasteiger partial charge in [0.05, 0.1) is 27.0 Å². The van der Waals surface area contributed by atoms with Gasteiger partial charge in [-0.1, -0.05) is 66.7 Å². The lowest BCUT2D eigenvalue weighted by molar-refractivity contribution is -0.385. The first-order chi connectivity index (χ1) is 24.6. The summed E-state index contributed by atoms with van der Waals surface area (Å²) < 4.78 is 0. The van der Waals surface area contributed by atoms with E-state index in [1.807, 2.05) is 0 Å². The van der Waals surface area contributed by atoms with E-state index in [0.29, 0.717) is 16.1 Å². The second-order valence-corrected chi connectivity index (χ2v) is 12.8. The maximum Gasteiger partial charge on any atom is 0.276 e. The Hall–Kier alpha value is -6.66. The van der Waals surface area contributed by atoms with E-state index in [0.717, 1.165) is 0 Å². The van der Waals surface area contributed by atoms with Crippen molar-refractivity contribution in [3.8, 4) is 0 Å². The normalized spacial score (nSPS) is 12.6. The Morgan fingerprint density at radius 2 is 1.35 bits per heavy atom. The summed E-state index contributed by atoms with van der Waals surface area (Å²) in [6.45, 7) is 1.70. The number of ketones is 2. The second-order valence-electron chi connectivity index (χ2n) is 11.4. The Morgan fingerprint density at radius 3 is 2.06 bits per heavy atom. The van der Waals surface area contributed by atoms with Gasteiger partial charge in [-0.05, 0) is 61.5 Å². The van der Waals surface area contributed by atoms with Crippen LogP contribution in [0.15, 0.2) is 132 Å². The van der Waals surface area contributed by atoms with Crippen LogP contribution in [0.4, 0.5) is 17.1 Å². The average Bonchev–Trinajstić information content (AvgIpc) is 3.14. The first kappa shape index (κ1) is 34.2. The predicted octanol–water partition coefficient (Wildman–Crippen LogP) is 6.90. The van der Waals surface area contributed by atoms with Crippen LogP contribution in [0.2, 0.25) is 0 Å². The molecule has 1 aliphatic carbocycles. The van der Waals surface area contributed by atoms with Crippen molar-refractivity contribution >= 4 is 64.2 Å². The van der Waals surface area contributed by atoms with Crippen molar-refractivity contribution < 1.29 is 28.9 Å². The van der Waals surface area contributed by atoms with E-state index < -0.39 is 22.0 Å². The van der Waals surface area contributed by atoms with Crippen LogP contribution >= 0.6 is 11.8 Å². The summed E-state index contributed by atoms with van der Waals surface area (Å²) in [7, 11) is 0. The molecule has 11 nitrogen and oxygen atoms in total. The standard InChI is InChI=1S/C39H28N4O7S/c1-23(37(46)41-31-16-9-15-30-34(31)36(45)29-14-7-6-13-28(29)35(30)44)51-27-20-18-26(19-21-27)40-39(48)32(42-38(47)24-10-3-2-4-11-24)22-25-12-5-8-17-33(25)43(49)50/h2-23H,1H3,(H,40,48)(H,41,46)(H,42,47)/b32-22-. The predicted molar refractivity (Wildman–Crippen MR) is 194 cm³/mol. The van der Waals surface area contributed by atoms with Crippen molar-refractivity contribution in [1.29, 1.82) is 0 Å². The number of nitro benzene ring substituents is 1. The number of hydrogen-bond acceptors (Lipinski definition) is 8. The monoisotopic (exact) mass is 696 g/mol. The van der Waals surface area contributed by atoms with E-state index in [9.17, 15) is 34.1 Å². The number of thioether (sulfide) groups is 1. The van der Waals surface area contributed by atoms with Crippen molar-refractivity contribution in [2.24, 2.45) is 0 Å². The van der Waals surface area contributed by atoms with Crippen LogP contribution in [0.3, 0.4) is 0 Å². The van der Waals surface area contributed by atoms with E-state index >= 15 is 0 Å². The van der Waals surface area contributed by atoms with Gasteiger partial charge in [-0.25, -0.2) is 0 Å². The molecule has 12 heteroatoms. The molecule has 0 saturated heterocycles. The molecule has 3 amide bonds. The molecule has 0 radical (unpaired) electrons. The van der Waals surface area contributed by atoms with Crippen molar-refractivity contribution in [2.75, 3.05) is 10.6 Å². The molecule has 0 spiro atoms. The summed E-state index contributed by atoms with van der Waals surface area (Å²) in [5.74, 6) is -2.30. The average molecular weight is 697 g/mol. The maximum atomic E-state index is 13.4. The van der Waals surface area contributed by atoms with Crippen LogP contribution in [-0.2, 0) is 9.59 Å². The van der Waals surface area contributed by atoms with E-state index in [1.54, 1.807) is 110 Å². The fraction of sp³-hybridized carbons (Fsp3) is 0.0513. The van der Waals surface area contributed by atoms with E-state index in [1.165, 1.54) is 36.0 Å². The molecule has 1 aliphatic rings. The molecule has 51 heavy (non-hydrogen) atoms. The third-order valence-electron chi connectivity index (χ3n) is 7.97. The van der Waals surface area contributed by atoms with Gasteiger partial charge in [0, 0.05) is 38.9 Å². The second kappa shape index (κ2) is 14.8. The fourth-order valence-corrected chi connectivity index (χ4v) is 6.30. The Kier molecular flexibility index (Phi) is 9.96. The molecule has 252 valence electrons. The summed E-state index contributed by atoms with van der Waals surface area (Å²) in [6, 6.07) is 32.0. The zero-order chi connectivity index (χ0) is 36.1. The highest BCUT2D eigenvalue weighted by Gasteiger charge is 2.32. The van der Waals surface area contributed by atoms with Gasteiger partial charge >= 0.3 is 0 Å². The van der Waals surface area contributed by atoms with Crippen molar-refractivity contribution in [3.63, 3.8) is 0 Å². The Labute approximate surface area is 295 Å². The molecule has 0 heterocycles. The largest absolute Gasteiger partial charge is 0.324 e. The van der Waals surface area contributed by atoms with Gasteiger partial charge in [0.2, 0.25) is 5.91 Å². The SMILES string of the molecule is CC(Sc1ccc(NC(=O)/C(=C/c2ccccc2[N+](=O)[O-])NC(=O)c2ccccc2)cc1)C(=O)Nc1cccc2c1C(=O)c1ccccc1C2=O. The van der Waals surface area contributed by atoms with E-state index in [-0.39, 0.29) is 62.4 Å². The van der Waals surface area contributed by atoms with Gasteiger partial charge in [0.15, 0.2) is 11.6 Å². The number of rotatable bonds is 10. The van der Waals surface area contributed by atoms with Crippen LogP contribution in [0, 0.1) is 10.1 Å². The quantitative estimate of drug-likeness (QED) is 0.0603. The van der Waals surface area contributed by atoms with E-state index in [2.05, 4.69) is 16.0 Å². The Bertz CT molecular complexity index is 2250. The topological polar surface area (TPSA) is 165 Å². The molecule has 0 fully saturated rings. The van der Waals surface area contributed by atoms with Crippen LogP contribution in [0.5, 0.6) is 0 Å². The summed E-state index contributed by atoms with van der Waals surface area (Å²) in [4.78, 5) is 77.8. The molecule has 0 aromatic heterocycles. The highest BCUT2D eigenvalue weighted by Crippen LogP contribution is 2.33. The minimum absolute atomic E-state index is 0.122. The van der Waals surface area contributed by atoms with E-state index in [4.69, 9.17) is 0 Å². The zero-order valence-electron chi connectivity index (χ0n) is 26.9. The number of amides is 3. The third kappa shape index (κ3) is 7.51. The molecule has 3 N–H and O–H groups in total. The molecule has 6 rings (SSSR count). The molecule has 0 aliphatic heterocycles. The molecular formula is C39H28N4O7S. The highest BCUT2D eigenvalue weighted by molar-refractivity contribution is 8.00. The summed E-state index contributed by atoms with van der Waals surface area (Å²) in [5.41, 5.74) is 1.56. The smallest absolute Gasteiger partial charge is 0.276 e. The van der Waals surface area contributed by atoms with Crippen LogP contribution < -0.4 is 16.0 Å². The lowest BCUT2D eigenvalue weighted by Crippen LogP contribution is -2.30. The highest BCUT2D eigenvalue weighted by atomic mass is 32.2. The van der Waals surface area contributed by atoms with Gasteiger partial charge < -0.3 is 16.0 Å². The summed E-state index contributed by atoms with van der Waals surface area (Å²) in [5, 5.41) is 19.1. The number of benzene rings is 5. The lowest BCUT2D eigenvalue weighted by Gasteiger charge is -2.21. The molecule has 0 saturated carbocycles. The number of nitrogens with zero attached hydrogens (tertiary/aromatic N) is 1. The number of nitro groups is 1. The number of anilines is 2. The maximum absolute atomic E-state index is 13.4. The van der Waals surface area contributed by atoms with Gasteiger partial charge in [0.25, 0.3) is 17.5 Å². The van der Waals surface area contributed by atoms with Gasteiger partial charge in [-0.3, -0.25) is 34.1 Å². The number of fused-ring (bicyclic) bond motifs is 2. The molecule has 1 atom stereocenters. The molecule has 5 aromatic rings. The van der Waals surface area contributed by atoms with Crippen LogP contribution in [-0.4, -0.2) is 39.5 Å². The Balaban J connectivity index is 1.15. The number of hydrogen-bond donors (Lipinski definition) is 3. The minimum atomic E-state index is -0.715. The summed E-state index contributed by atoms with van der Waals surface area (Å²) >= 11 is 1.24. The van der Waals surface area contributed by atoms with Gasteiger partial charge in [0.1, 0.15) is 5.70 Å². The van der Waals surface area contributed by atoms with Crippen molar-refractivity contribution in [2.45, 2.75) is 17.1 Å². The fourth-order valence-electron chi connectivity index (χ4n) is 5.43. The van der Waals surface area contributed by atoms with Crippen LogP contribution in [0.1, 0.15) is 54.7 Å². The number of carbonyl (C=O) groups excluding carboxylic acids is 5. The van der Waals surface area contributed by atoms with Crippen molar-refractivity contribution in [1.82, 2.24) is 5.32 Å². The number of para-hydroxylation sites is 1. The first-order valence-electron chi connectivity index (χ1n) is 15.6. The molecule has 0 bridgehead atoms. The van der Waals surface area contributed by atoms with Crippen LogP contribution in [0.25, 0.3) is 6.08 Å². The van der Waals surface area contributed by atoms with Gasteiger partial charge in [-0.2, -0.15) is 0 Å². The lowest BCUT2D eigenvalue weighted by atomic mass is 9.83. The first-order valence-corrected chi connectivity index (χ1v) is 16.5. The van der Waals surface area contributed by atoms with Crippen molar-refractivity contribution in [3.05, 3.63) is 171 Å². The molecular weight excluding hydrogens is 669 g/mol. The summed E-state index contributed by atoms with van der Waals surface area (Å²) in [6.07, 6.45) is 1.24. The Morgan fingerprint density at radius 1 is 0.725 bits per heavy atom. The van der Waals surface area contributed by atoms with Gasteiger partial charge in [-0.15, -0.1) is 11.8 Å². The number of nitrogens with one attached hydrogen (secondary N) is 3. The molecule has 5 aromatic carbocycles. The third-order valence-corrected chi connectivity index (χ3v) is 9.08.